The second-order valence-electron chi connectivity index (χ2n) is 5.16. The van der Waals surface area contributed by atoms with Crippen LogP contribution in [0.1, 0.15) is 37.7 Å². The maximum absolute atomic E-state index is 12.5. The number of methoxy groups -OCH3 is 1. The maximum atomic E-state index is 12.5. The average Bonchev–Trinajstić information content (AvgIpc) is 2.85. The topological polar surface area (TPSA) is 82.9 Å². The Hall–Kier alpha value is -2.84. The van der Waals surface area contributed by atoms with E-state index in [1.165, 1.54) is 13.2 Å². The van der Waals surface area contributed by atoms with E-state index in [9.17, 15) is 14.9 Å². The predicted octanol–water partition coefficient (Wildman–Crippen LogP) is 3.86. The summed E-state index contributed by atoms with van der Waals surface area (Å²) in [5.41, 5.74) is 2.33. The first-order chi connectivity index (χ1) is 11.4. The molecule has 0 bridgehead atoms. The lowest BCUT2D eigenvalue weighted by molar-refractivity contribution is 0.0599. The summed E-state index contributed by atoms with van der Waals surface area (Å²) in [6, 6.07) is 8.15. The van der Waals surface area contributed by atoms with Crippen LogP contribution < -0.4 is 0 Å². The van der Waals surface area contributed by atoms with E-state index in [2.05, 4.69) is 4.98 Å². The number of ether oxygens (including phenoxy) is 1. The number of hydrogen-bond acceptors (Lipinski definition) is 4. The van der Waals surface area contributed by atoms with Crippen molar-refractivity contribution in [3.8, 4) is 6.07 Å². The largest absolute Gasteiger partial charge is 0.465 e. The Morgan fingerprint density at radius 2 is 1.83 bits per heavy atom. The van der Waals surface area contributed by atoms with Crippen molar-refractivity contribution in [2.45, 2.75) is 13.8 Å². The molecule has 24 heavy (non-hydrogen) atoms. The molecule has 0 atom stereocenters. The van der Waals surface area contributed by atoms with Gasteiger partial charge < -0.3 is 9.72 Å². The Morgan fingerprint density at radius 1 is 1.21 bits per heavy atom. The number of esters is 1. The van der Waals surface area contributed by atoms with Gasteiger partial charge in [0, 0.05) is 27.5 Å². The number of carbonyl (C=O) groups excluding carboxylic acids is 2. The maximum Gasteiger partial charge on any atom is 0.340 e. The zero-order valence-electron chi connectivity index (χ0n) is 13.4. The van der Waals surface area contributed by atoms with Crippen molar-refractivity contribution in [3.63, 3.8) is 0 Å². The third kappa shape index (κ3) is 3.39. The number of aromatic amines is 1. The number of nitrogens with zero attached hydrogens (tertiary/aromatic N) is 1. The molecule has 6 heteroatoms. The standard InChI is InChI=1S/C18H15ClN2O3/c1-10-15(16(11(2)21-10)18(23)24-3)8-13(9-20)17(22)12-4-6-14(19)7-5-12/h4-8,21H,1-3H3/b13-8+. The lowest BCUT2D eigenvalue weighted by Gasteiger charge is -2.03. The summed E-state index contributed by atoms with van der Waals surface area (Å²) in [6.07, 6.45) is 1.40. The minimum absolute atomic E-state index is 0.0791. The minimum atomic E-state index is -0.528. The smallest absolute Gasteiger partial charge is 0.340 e. The van der Waals surface area contributed by atoms with Gasteiger partial charge in [-0.15, -0.1) is 0 Å². The Bertz CT molecular complexity index is 871. The Labute approximate surface area is 144 Å². The lowest BCUT2D eigenvalue weighted by atomic mass is 10.00. The fourth-order valence-corrected chi connectivity index (χ4v) is 2.52. The van der Waals surface area contributed by atoms with Crippen molar-refractivity contribution in [3.05, 3.63) is 62.9 Å². The van der Waals surface area contributed by atoms with Gasteiger partial charge in [0.05, 0.1) is 12.7 Å². The lowest BCUT2D eigenvalue weighted by Crippen LogP contribution is -2.05. The van der Waals surface area contributed by atoms with Gasteiger partial charge >= 0.3 is 5.97 Å². The van der Waals surface area contributed by atoms with E-state index in [0.29, 0.717) is 33.1 Å². The molecule has 0 aliphatic rings. The molecular weight excluding hydrogens is 328 g/mol. The number of Topliss-reactive ketones (excluding diaryl/α,β-unsaturated/α-hetero) is 1. The molecule has 122 valence electrons. The van der Waals surface area contributed by atoms with Crippen LogP contribution in [0.4, 0.5) is 0 Å². The molecule has 1 N–H and O–H groups in total. The van der Waals surface area contributed by atoms with Gasteiger partial charge in [-0.05, 0) is 44.2 Å². The van der Waals surface area contributed by atoms with Crippen LogP contribution in [0.15, 0.2) is 29.8 Å². The molecule has 5 nitrogen and oxygen atoms in total. The van der Waals surface area contributed by atoms with Crippen molar-refractivity contribution < 1.29 is 14.3 Å². The summed E-state index contributed by atoms with van der Waals surface area (Å²) < 4.78 is 4.77. The SMILES string of the molecule is COC(=O)c1c(C)[nH]c(C)c1/C=C(\C#N)C(=O)c1ccc(Cl)cc1. The summed E-state index contributed by atoms with van der Waals surface area (Å²) in [6.45, 7) is 3.48. The monoisotopic (exact) mass is 342 g/mol. The van der Waals surface area contributed by atoms with E-state index in [4.69, 9.17) is 16.3 Å². The fourth-order valence-electron chi connectivity index (χ4n) is 2.40. The molecule has 0 saturated heterocycles. The Morgan fingerprint density at radius 3 is 2.38 bits per heavy atom. The molecule has 1 aromatic heterocycles. The minimum Gasteiger partial charge on any atom is -0.465 e. The number of aryl methyl sites for hydroxylation is 2. The van der Waals surface area contributed by atoms with Crippen molar-refractivity contribution >= 4 is 29.4 Å². The molecule has 2 rings (SSSR count). The number of allylic oxidation sites excluding steroid dienone is 1. The number of hydrogen-bond donors (Lipinski definition) is 1. The zero-order chi connectivity index (χ0) is 17.9. The van der Waals surface area contributed by atoms with Gasteiger partial charge in [0.1, 0.15) is 11.6 Å². The first kappa shape index (κ1) is 17.5. The predicted molar refractivity (Wildman–Crippen MR) is 91.0 cm³/mol. The van der Waals surface area contributed by atoms with Gasteiger partial charge in [-0.3, -0.25) is 4.79 Å². The molecular formula is C18H15ClN2O3. The van der Waals surface area contributed by atoms with Gasteiger partial charge in [0.25, 0.3) is 0 Å². The molecule has 0 fully saturated rings. The van der Waals surface area contributed by atoms with Crippen LogP contribution in [0.3, 0.4) is 0 Å². The normalized spacial score (nSPS) is 11.0. The fraction of sp³-hybridized carbons (Fsp3) is 0.167. The molecule has 0 aliphatic carbocycles. The van der Waals surface area contributed by atoms with Gasteiger partial charge in [-0.2, -0.15) is 5.26 Å². The van der Waals surface area contributed by atoms with Crippen molar-refractivity contribution in [2.75, 3.05) is 7.11 Å². The van der Waals surface area contributed by atoms with Crippen LogP contribution >= 0.6 is 11.6 Å². The van der Waals surface area contributed by atoms with Crippen LogP contribution in [-0.4, -0.2) is 23.8 Å². The first-order valence-corrected chi connectivity index (χ1v) is 7.46. The number of carbonyl (C=O) groups is 2. The van der Waals surface area contributed by atoms with Crippen LogP contribution in [0.2, 0.25) is 5.02 Å². The number of H-pyrrole nitrogens is 1. The van der Waals surface area contributed by atoms with Gasteiger partial charge in [0.15, 0.2) is 0 Å². The highest BCUT2D eigenvalue weighted by Crippen LogP contribution is 2.23. The van der Waals surface area contributed by atoms with Crippen LogP contribution in [0.5, 0.6) is 0 Å². The number of aromatic nitrogens is 1. The second kappa shape index (κ2) is 7.16. The molecule has 0 spiro atoms. The number of ketones is 1. The van der Waals surface area contributed by atoms with Gasteiger partial charge in [0.2, 0.25) is 5.78 Å². The highest BCUT2D eigenvalue weighted by atomic mass is 35.5. The number of halogens is 1. The summed E-state index contributed by atoms with van der Waals surface area (Å²) in [4.78, 5) is 27.5. The van der Waals surface area contributed by atoms with E-state index in [0.717, 1.165) is 0 Å². The average molecular weight is 343 g/mol. The third-order valence-electron chi connectivity index (χ3n) is 3.57. The number of nitrogens with one attached hydrogen (secondary N) is 1. The van der Waals surface area contributed by atoms with Crippen molar-refractivity contribution in [1.82, 2.24) is 4.98 Å². The van der Waals surface area contributed by atoms with E-state index in [1.807, 2.05) is 6.07 Å². The number of benzene rings is 1. The molecule has 1 heterocycles. The van der Waals surface area contributed by atoms with Gasteiger partial charge in [-0.1, -0.05) is 11.6 Å². The molecule has 1 aromatic carbocycles. The third-order valence-corrected chi connectivity index (χ3v) is 3.83. The Balaban J connectivity index is 2.52. The number of nitriles is 1. The van der Waals surface area contributed by atoms with Gasteiger partial charge in [-0.25, -0.2) is 4.79 Å². The van der Waals surface area contributed by atoms with Crippen LogP contribution in [0.25, 0.3) is 6.08 Å². The molecule has 0 saturated carbocycles. The second-order valence-corrected chi connectivity index (χ2v) is 5.60. The quantitative estimate of drug-likeness (QED) is 0.396. The molecule has 0 radical (unpaired) electrons. The van der Waals surface area contributed by atoms with E-state index >= 15 is 0 Å². The van der Waals surface area contributed by atoms with Crippen LogP contribution in [0, 0.1) is 25.2 Å². The van der Waals surface area contributed by atoms with Crippen molar-refractivity contribution in [2.24, 2.45) is 0 Å². The van der Waals surface area contributed by atoms with E-state index in [1.54, 1.807) is 38.1 Å². The molecule has 0 aliphatic heterocycles. The summed E-state index contributed by atoms with van der Waals surface area (Å²) in [7, 11) is 1.28. The molecule has 2 aromatic rings. The Kier molecular flexibility index (Phi) is 5.22. The molecule has 0 unspecified atom stereocenters. The highest BCUT2D eigenvalue weighted by molar-refractivity contribution is 6.30. The molecule has 0 amide bonds. The van der Waals surface area contributed by atoms with E-state index < -0.39 is 11.8 Å². The van der Waals surface area contributed by atoms with E-state index in [-0.39, 0.29) is 5.57 Å². The summed E-state index contributed by atoms with van der Waals surface area (Å²) >= 11 is 5.81. The summed E-state index contributed by atoms with van der Waals surface area (Å²) in [5.74, 6) is -0.970. The summed E-state index contributed by atoms with van der Waals surface area (Å²) in [5, 5.41) is 9.87. The van der Waals surface area contributed by atoms with Crippen molar-refractivity contribution in [1.29, 1.82) is 5.26 Å². The van der Waals surface area contributed by atoms with Crippen LogP contribution in [-0.2, 0) is 4.74 Å². The first-order valence-electron chi connectivity index (χ1n) is 7.08. The zero-order valence-corrected chi connectivity index (χ0v) is 14.2. The highest BCUT2D eigenvalue weighted by Gasteiger charge is 2.21. The number of rotatable bonds is 4.